The van der Waals surface area contributed by atoms with Gasteiger partial charge in [-0.15, -0.1) is 0 Å². The van der Waals surface area contributed by atoms with Crippen LogP contribution in [0.25, 0.3) is 11.1 Å². The fraction of sp³-hybridized carbons (Fsp3) is 0.273. The predicted octanol–water partition coefficient (Wildman–Crippen LogP) is 1.94. The number of hydrogen-bond donors (Lipinski definition) is 2. The lowest BCUT2D eigenvalue weighted by atomic mass is 10.1. The van der Waals surface area contributed by atoms with Gasteiger partial charge in [-0.05, 0) is 18.6 Å². The Labute approximate surface area is 180 Å². The summed E-state index contributed by atoms with van der Waals surface area (Å²) in [5, 5.41) is 6.79. The smallest absolute Gasteiger partial charge is 0.331 e. The number of esters is 1. The standard InChI is InChI=1S/C22H25N5O4/c1-14(31-13-15-7-5-4-6-8-15)19(22(29)30-3)26-21(28)18-9-16(10-24-20(18)23)17-11-25-27(2)12-17/h4-12,14,19H,13H2,1-3H3,(H2,23,24)(H,26,28)/t14-,19+/m1/s1. The van der Waals surface area contributed by atoms with E-state index in [-0.39, 0.29) is 18.0 Å². The van der Waals surface area contributed by atoms with Crippen LogP contribution in [0.1, 0.15) is 22.8 Å². The number of hydrogen-bond acceptors (Lipinski definition) is 7. The Morgan fingerprint density at radius 2 is 1.94 bits per heavy atom. The summed E-state index contributed by atoms with van der Waals surface area (Å²) < 4.78 is 12.3. The minimum Gasteiger partial charge on any atom is -0.467 e. The monoisotopic (exact) mass is 423 g/mol. The summed E-state index contributed by atoms with van der Waals surface area (Å²) in [5.41, 5.74) is 8.48. The zero-order valence-electron chi connectivity index (χ0n) is 17.6. The van der Waals surface area contributed by atoms with Crippen molar-refractivity contribution in [2.45, 2.75) is 25.7 Å². The molecule has 2 aromatic heterocycles. The largest absolute Gasteiger partial charge is 0.467 e. The van der Waals surface area contributed by atoms with Crippen LogP contribution in [0, 0.1) is 0 Å². The number of nitrogens with two attached hydrogens (primary N) is 1. The molecule has 0 radical (unpaired) electrons. The second-order valence-corrected chi connectivity index (χ2v) is 7.04. The lowest BCUT2D eigenvalue weighted by Gasteiger charge is -2.23. The highest BCUT2D eigenvalue weighted by Gasteiger charge is 2.30. The van der Waals surface area contributed by atoms with E-state index in [0.29, 0.717) is 5.56 Å². The molecule has 0 aliphatic rings. The average Bonchev–Trinajstić information content (AvgIpc) is 3.22. The maximum Gasteiger partial charge on any atom is 0.331 e. The lowest BCUT2D eigenvalue weighted by molar-refractivity contribution is -0.147. The minimum atomic E-state index is -1.03. The number of anilines is 1. The van der Waals surface area contributed by atoms with Gasteiger partial charge in [0.25, 0.3) is 5.91 Å². The van der Waals surface area contributed by atoms with Gasteiger partial charge in [0.1, 0.15) is 5.82 Å². The molecule has 1 amide bonds. The van der Waals surface area contributed by atoms with Crippen molar-refractivity contribution in [2.24, 2.45) is 7.05 Å². The van der Waals surface area contributed by atoms with Gasteiger partial charge in [0, 0.05) is 30.6 Å². The molecule has 0 saturated heterocycles. The van der Waals surface area contributed by atoms with Crippen molar-refractivity contribution in [1.29, 1.82) is 0 Å². The molecule has 0 aliphatic heterocycles. The number of benzene rings is 1. The highest BCUT2D eigenvalue weighted by Crippen LogP contribution is 2.21. The topological polar surface area (TPSA) is 121 Å². The van der Waals surface area contributed by atoms with Gasteiger partial charge in [0.2, 0.25) is 0 Å². The molecule has 3 aromatic rings. The van der Waals surface area contributed by atoms with Gasteiger partial charge in [-0.25, -0.2) is 9.78 Å². The van der Waals surface area contributed by atoms with E-state index in [9.17, 15) is 9.59 Å². The fourth-order valence-electron chi connectivity index (χ4n) is 3.00. The highest BCUT2D eigenvalue weighted by atomic mass is 16.5. The second kappa shape index (κ2) is 9.86. The van der Waals surface area contributed by atoms with E-state index < -0.39 is 24.0 Å². The van der Waals surface area contributed by atoms with Crippen LogP contribution in [0.5, 0.6) is 0 Å². The third-order valence-electron chi connectivity index (χ3n) is 4.77. The Morgan fingerprint density at radius 3 is 2.58 bits per heavy atom. The third-order valence-corrected chi connectivity index (χ3v) is 4.77. The lowest BCUT2D eigenvalue weighted by Crippen LogP contribution is -2.49. The number of ether oxygens (including phenoxy) is 2. The number of methoxy groups -OCH3 is 1. The Bertz CT molecular complexity index is 1050. The van der Waals surface area contributed by atoms with Crippen LogP contribution < -0.4 is 11.1 Å². The number of aryl methyl sites for hydroxylation is 1. The summed E-state index contributed by atoms with van der Waals surface area (Å²) in [6, 6.07) is 10.1. The molecule has 0 unspecified atom stereocenters. The maximum atomic E-state index is 12.9. The Morgan fingerprint density at radius 1 is 1.19 bits per heavy atom. The van der Waals surface area contributed by atoms with E-state index in [4.69, 9.17) is 15.2 Å². The summed E-state index contributed by atoms with van der Waals surface area (Å²) >= 11 is 0. The van der Waals surface area contributed by atoms with Crippen molar-refractivity contribution in [2.75, 3.05) is 12.8 Å². The third kappa shape index (κ3) is 5.46. The van der Waals surface area contributed by atoms with Crippen molar-refractivity contribution in [3.63, 3.8) is 0 Å². The number of nitrogens with one attached hydrogen (secondary N) is 1. The van der Waals surface area contributed by atoms with Crippen molar-refractivity contribution >= 4 is 17.7 Å². The molecule has 2 atom stereocenters. The summed E-state index contributed by atoms with van der Waals surface area (Å²) in [4.78, 5) is 29.4. The molecule has 1 aromatic carbocycles. The van der Waals surface area contributed by atoms with Gasteiger partial charge in [0.05, 0.1) is 31.6 Å². The van der Waals surface area contributed by atoms with Crippen LogP contribution >= 0.6 is 0 Å². The van der Waals surface area contributed by atoms with Gasteiger partial charge in [-0.1, -0.05) is 30.3 Å². The number of carbonyl (C=O) groups is 2. The van der Waals surface area contributed by atoms with Gasteiger partial charge >= 0.3 is 5.97 Å². The predicted molar refractivity (Wildman–Crippen MR) is 115 cm³/mol. The number of aromatic nitrogens is 3. The van der Waals surface area contributed by atoms with E-state index >= 15 is 0 Å². The number of rotatable bonds is 8. The average molecular weight is 423 g/mol. The van der Waals surface area contributed by atoms with E-state index in [1.54, 1.807) is 43.3 Å². The number of amides is 1. The van der Waals surface area contributed by atoms with Crippen LogP contribution in [0.2, 0.25) is 0 Å². The molecule has 0 spiro atoms. The molecule has 0 bridgehead atoms. The summed E-state index contributed by atoms with van der Waals surface area (Å²) in [6.07, 6.45) is 4.37. The number of carbonyl (C=O) groups excluding carboxylic acids is 2. The van der Waals surface area contributed by atoms with E-state index in [0.717, 1.165) is 11.1 Å². The SMILES string of the molecule is COC(=O)[C@@H](NC(=O)c1cc(-c2cnn(C)c2)cnc1N)[C@@H](C)OCc1ccccc1. The fourth-order valence-corrected chi connectivity index (χ4v) is 3.00. The number of pyridine rings is 1. The summed E-state index contributed by atoms with van der Waals surface area (Å²) in [7, 11) is 3.05. The summed E-state index contributed by atoms with van der Waals surface area (Å²) in [6.45, 7) is 1.98. The molecule has 3 N–H and O–H groups in total. The van der Waals surface area contributed by atoms with Crippen LogP contribution in [0.3, 0.4) is 0 Å². The first-order valence-corrected chi connectivity index (χ1v) is 9.67. The van der Waals surface area contributed by atoms with Gasteiger partial charge in [0.15, 0.2) is 6.04 Å². The molecule has 9 nitrogen and oxygen atoms in total. The molecular formula is C22H25N5O4. The zero-order valence-corrected chi connectivity index (χ0v) is 17.6. The first-order valence-electron chi connectivity index (χ1n) is 9.67. The zero-order chi connectivity index (χ0) is 22.4. The Balaban J connectivity index is 1.76. The van der Waals surface area contributed by atoms with Crippen LogP contribution in [0.15, 0.2) is 55.0 Å². The maximum absolute atomic E-state index is 12.9. The number of nitrogen functional groups attached to an aromatic ring is 1. The molecule has 0 fully saturated rings. The van der Waals surface area contributed by atoms with Gasteiger partial charge in [-0.2, -0.15) is 5.10 Å². The highest BCUT2D eigenvalue weighted by molar-refractivity contribution is 6.01. The van der Waals surface area contributed by atoms with Crippen LogP contribution in [-0.4, -0.2) is 45.9 Å². The summed E-state index contributed by atoms with van der Waals surface area (Å²) in [5.74, 6) is -1.13. The molecular weight excluding hydrogens is 398 g/mol. The molecule has 0 aliphatic carbocycles. The molecule has 0 saturated carbocycles. The second-order valence-electron chi connectivity index (χ2n) is 7.04. The molecule has 3 rings (SSSR count). The quantitative estimate of drug-likeness (QED) is 0.531. The molecule has 2 heterocycles. The number of nitrogens with zero attached hydrogens (tertiary/aromatic N) is 3. The first-order chi connectivity index (χ1) is 14.9. The van der Waals surface area contributed by atoms with Crippen molar-refractivity contribution in [1.82, 2.24) is 20.1 Å². The molecule has 162 valence electrons. The van der Waals surface area contributed by atoms with Gasteiger partial charge in [-0.3, -0.25) is 9.48 Å². The van der Waals surface area contributed by atoms with Crippen molar-refractivity contribution < 1.29 is 19.1 Å². The van der Waals surface area contributed by atoms with Crippen molar-refractivity contribution in [3.05, 3.63) is 66.1 Å². The normalized spacial score (nSPS) is 12.7. The van der Waals surface area contributed by atoms with Crippen molar-refractivity contribution in [3.8, 4) is 11.1 Å². The van der Waals surface area contributed by atoms with Crippen LogP contribution in [-0.2, 0) is 27.9 Å². The van der Waals surface area contributed by atoms with E-state index in [1.165, 1.54) is 7.11 Å². The molecule has 31 heavy (non-hydrogen) atoms. The van der Waals surface area contributed by atoms with Crippen LogP contribution in [0.4, 0.5) is 5.82 Å². The Hall–Kier alpha value is -3.72. The minimum absolute atomic E-state index is 0.0478. The van der Waals surface area contributed by atoms with Gasteiger partial charge < -0.3 is 20.5 Å². The van der Waals surface area contributed by atoms with E-state index in [2.05, 4.69) is 15.4 Å². The molecule has 9 heteroatoms. The Kier molecular flexibility index (Phi) is 6.99. The van der Waals surface area contributed by atoms with E-state index in [1.807, 2.05) is 30.3 Å². The first kappa shape index (κ1) is 22.0.